The lowest BCUT2D eigenvalue weighted by Crippen LogP contribution is -2.44. The summed E-state index contributed by atoms with van der Waals surface area (Å²) in [5, 5.41) is 12.3. The van der Waals surface area contributed by atoms with Crippen LogP contribution in [0, 0.1) is 0 Å². The molecule has 1 aliphatic heterocycles. The Hall–Kier alpha value is -2.86. The third kappa shape index (κ3) is 2.54. The molecule has 6 nitrogen and oxygen atoms in total. The van der Waals surface area contributed by atoms with Gasteiger partial charge >= 0.3 is 12.1 Å². The van der Waals surface area contributed by atoms with Crippen LogP contribution in [0.4, 0.5) is 4.79 Å². The third-order valence-electron chi connectivity index (χ3n) is 5.26. The van der Waals surface area contributed by atoms with Crippen LogP contribution in [0.3, 0.4) is 0 Å². The van der Waals surface area contributed by atoms with Crippen LogP contribution in [0.1, 0.15) is 23.6 Å². The SMILES string of the molecule is COC(=O)N(C1c2ccccc2-c2ccccc21)[C@H]1CN[C@H](C(=O)O)C1. The summed E-state index contributed by atoms with van der Waals surface area (Å²) in [5.41, 5.74) is 4.28. The van der Waals surface area contributed by atoms with Crippen LogP contribution in [0.25, 0.3) is 11.1 Å². The van der Waals surface area contributed by atoms with Gasteiger partial charge in [-0.3, -0.25) is 9.69 Å². The molecular formula is C20H20N2O4. The van der Waals surface area contributed by atoms with E-state index in [2.05, 4.69) is 17.4 Å². The van der Waals surface area contributed by atoms with Gasteiger partial charge in [-0.1, -0.05) is 48.5 Å². The quantitative estimate of drug-likeness (QED) is 0.888. The second kappa shape index (κ2) is 6.46. The minimum absolute atomic E-state index is 0.257. The maximum atomic E-state index is 12.7. The first-order chi connectivity index (χ1) is 12.6. The molecule has 0 spiro atoms. The van der Waals surface area contributed by atoms with E-state index in [9.17, 15) is 14.7 Å². The van der Waals surface area contributed by atoms with Gasteiger partial charge in [-0.2, -0.15) is 0 Å². The Bertz CT molecular complexity index is 821. The molecule has 0 saturated carbocycles. The number of ether oxygens (including phenoxy) is 1. The lowest BCUT2D eigenvalue weighted by atomic mass is 10.0. The average Bonchev–Trinajstić information content (AvgIpc) is 3.27. The minimum atomic E-state index is -0.899. The van der Waals surface area contributed by atoms with E-state index in [0.29, 0.717) is 13.0 Å². The van der Waals surface area contributed by atoms with Crippen molar-refractivity contribution in [1.29, 1.82) is 0 Å². The van der Waals surface area contributed by atoms with E-state index in [1.165, 1.54) is 7.11 Å². The fraction of sp³-hybridized carbons (Fsp3) is 0.300. The summed E-state index contributed by atoms with van der Waals surface area (Å²) in [6.45, 7) is 0.424. The Kier molecular flexibility index (Phi) is 4.12. The van der Waals surface area contributed by atoms with Gasteiger partial charge in [0.15, 0.2) is 0 Å². The molecule has 1 heterocycles. The fourth-order valence-electron chi connectivity index (χ4n) is 4.12. The molecule has 1 aliphatic carbocycles. The van der Waals surface area contributed by atoms with Gasteiger partial charge in [-0.15, -0.1) is 0 Å². The van der Waals surface area contributed by atoms with Gasteiger partial charge in [0.1, 0.15) is 6.04 Å². The molecule has 4 rings (SSSR count). The van der Waals surface area contributed by atoms with Crippen LogP contribution in [0.15, 0.2) is 48.5 Å². The van der Waals surface area contributed by atoms with Crippen LogP contribution in [0.5, 0.6) is 0 Å². The Labute approximate surface area is 151 Å². The van der Waals surface area contributed by atoms with Crippen molar-refractivity contribution in [3.05, 3.63) is 59.7 Å². The van der Waals surface area contributed by atoms with Gasteiger partial charge in [0, 0.05) is 6.54 Å². The van der Waals surface area contributed by atoms with Gasteiger partial charge in [-0.25, -0.2) is 4.79 Å². The summed E-state index contributed by atoms with van der Waals surface area (Å²) < 4.78 is 5.07. The van der Waals surface area contributed by atoms with Crippen molar-refractivity contribution in [3.8, 4) is 11.1 Å². The van der Waals surface area contributed by atoms with E-state index in [0.717, 1.165) is 22.3 Å². The van der Waals surface area contributed by atoms with Gasteiger partial charge in [-0.05, 0) is 28.7 Å². The summed E-state index contributed by atoms with van der Waals surface area (Å²) >= 11 is 0. The highest BCUT2D eigenvalue weighted by Crippen LogP contribution is 2.47. The number of fused-ring (bicyclic) bond motifs is 3. The summed E-state index contributed by atoms with van der Waals surface area (Å²) in [7, 11) is 1.36. The monoisotopic (exact) mass is 352 g/mol. The van der Waals surface area contributed by atoms with E-state index < -0.39 is 18.1 Å². The van der Waals surface area contributed by atoms with Crippen molar-refractivity contribution in [2.45, 2.75) is 24.5 Å². The number of carbonyl (C=O) groups is 2. The van der Waals surface area contributed by atoms with E-state index in [1.54, 1.807) is 4.90 Å². The first kappa shape index (κ1) is 16.6. The number of carbonyl (C=O) groups excluding carboxylic acids is 1. The second-order valence-corrected chi connectivity index (χ2v) is 6.64. The molecule has 26 heavy (non-hydrogen) atoms. The van der Waals surface area contributed by atoms with Gasteiger partial charge in [0.25, 0.3) is 0 Å². The lowest BCUT2D eigenvalue weighted by Gasteiger charge is -2.34. The van der Waals surface area contributed by atoms with Gasteiger partial charge in [0.05, 0.1) is 19.2 Å². The smallest absolute Gasteiger partial charge is 0.410 e. The minimum Gasteiger partial charge on any atom is -0.480 e. The molecular weight excluding hydrogens is 332 g/mol. The fourth-order valence-corrected chi connectivity index (χ4v) is 4.12. The third-order valence-corrected chi connectivity index (χ3v) is 5.26. The van der Waals surface area contributed by atoms with Crippen molar-refractivity contribution in [3.63, 3.8) is 0 Å². The molecule has 2 atom stereocenters. The first-order valence-corrected chi connectivity index (χ1v) is 8.62. The number of hydrogen-bond donors (Lipinski definition) is 2. The number of nitrogens with zero attached hydrogens (tertiary/aromatic N) is 1. The first-order valence-electron chi connectivity index (χ1n) is 8.62. The zero-order valence-electron chi connectivity index (χ0n) is 14.4. The molecule has 6 heteroatoms. The molecule has 0 bridgehead atoms. The zero-order valence-corrected chi connectivity index (χ0v) is 14.4. The standard InChI is InChI=1S/C20H20N2O4/c1-26-20(25)22(12-10-17(19(23)24)21-11-12)18-15-8-4-2-6-13(15)14-7-3-5-9-16(14)18/h2-9,12,17-18,21H,10-11H2,1H3,(H,23,24)/t12-,17+/m1/s1. The molecule has 134 valence electrons. The Morgan fingerprint density at radius 1 is 1.08 bits per heavy atom. The van der Waals surface area contributed by atoms with E-state index in [-0.39, 0.29) is 12.1 Å². The highest BCUT2D eigenvalue weighted by Gasteiger charge is 2.43. The molecule has 2 aromatic carbocycles. The Balaban J connectivity index is 1.79. The molecule has 2 aliphatic rings. The van der Waals surface area contributed by atoms with Crippen molar-refractivity contribution < 1.29 is 19.4 Å². The van der Waals surface area contributed by atoms with Gasteiger partial charge in [0.2, 0.25) is 0 Å². The summed E-state index contributed by atoms with van der Waals surface area (Å²) in [6, 6.07) is 14.8. The number of aliphatic carboxylic acids is 1. The molecule has 2 N–H and O–H groups in total. The number of methoxy groups -OCH3 is 1. The van der Waals surface area contributed by atoms with Crippen molar-refractivity contribution in [2.24, 2.45) is 0 Å². The maximum Gasteiger partial charge on any atom is 0.410 e. The van der Waals surface area contributed by atoms with Crippen LogP contribution in [-0.4, -0.2) is 47.8 Å². The number of benzene rings is 2. The molecule has 1 fully saturated rings. The van der Waals surface area contributed by atoms with Crippen LogP contribution >= 0.6 is 0 Å². The average molecular weight is 352 g/mol. The molecule has 0 radical (unpaired) electrons. The highest BCUT2D eigenvalue weighted by molar-refractivity contribution is 5.81. The largest absolute Gasteiger partial charge is 0.480 e. The van der Waals surface area contributed by atoms with Crippen molar-refractivity contribution >= 4 is 12.1 Å². The molecule has 0 unspecified atom stereocenters. The second-order valence-electron chi connectivity index (χ2n) is 6.64. The highest BCUT2D eigenvalue weighted by atomic mass is 16.5. The molecule has 0 aromatic heterocycles. The predicted molar refractivity (Wildman–Crippen MR) is 95.8 cm³/mol. The van der Waals surface area contributed by atoms with Crippen LogP contribution in [-0.2, 0) is 9.53 Å². The lowest BCUT2D eigenvalue weighted by molar-refractivity contribution is -0.139. The summed E-state index contributed by atoms with van der Waals surface area (Å²) in [5.74, 6) is -0.899. The van der Waals surface area contributed by atoms with Crippen LogP contribution < -0.4 is 5.32 Å². The van der Waals surface area contributed by atoms with E-state index >= 15 is 0 Å². The van der Waals surface area contributed by atoms with Crippen molar-refractivity contribution in [1.82, 2.24) is 10.2 Å². The molecule has 2 aromatic rings. The maximum absolute atomic E-state index is 12.7. The number of amides is 1. The summed E-state index contributed by atoms with van der Waals surface area (Å²) in [4.78, 5) is 25.7. The predicted octanol–water partition coefficient (Wildman–Crippen LogP) is 2.64. The number of nitrogens with one attached hydrogen (secondary N) is 1. The number of hydrogen-bond acceptors (Lipinski definition) is 4. The van der Waals surface area contributed by atoms with E-state index in [4.69, 9.17) is 4.74 Å². The number of carboxylic acids is 1. The van der Waals surface area contributed by atoms with E-state index in [1.807, 2.05) is 36.4 Å². The normalized spacial score (nSPS) is 21.1. The van der Waals surface area contributed by atoms with Gasteiger partial charge < -0.3 is 15.2 Å². The topological polar surface area (TPSA) is 78.9 Å². The summed E-state index contributed by atoms with van der Waals surface area (Å²) in [6.07, 6.45) is -0.0926. The number of carboxylic acid groups (broad SMARTS) is 1. The molecule has 1 saturated heterocycles. The van der Waals surface area contributed by atoms with Crippen molar-refractivity contribution in [2.75, 3.05) is 13.7 Å². The van der Waals surface area contributed by atoms with Crippen LogP contribution in [0.2, 0.25) is 0 Å². The Morgan fingerprint density at radius 2 is 1.65 bits per heavy atom. The zero-order chi connectivity index (χ0) is 18.3. The number of rotatable bonds is 3. The molecule has 1 amide bonds. The Morgan fingerprint density at radius 3 is 2.15 bits per heavy atom.